The smallest absolute Gasteiger partial charge is 0.246 e. The Kier molecular flexibility index (Phi) is 2.95. The molecule has 0 fully saturated rings. The highest BCUT2D eigenvalue weighted by Crippen LogP contribution is 2.28. The van der Waals surface area contributed by atoms with Crippen LogP contribution in [0.15, 0.2) is 36.7 Å². The number of benzene rings is 1. The van der Waals surface area contributed by atoms with Crippen LogP contribution in [-0.4, -0.2) is 28.5 Å². The number of aryl methyl sites for hydroxylation is 1. The van der Waals surface area contributed by atoms with E-state index in [1.165, 1.54) is 0 Å². The van der Waals surface area contributed by atoms with E-state index in [-0.39, 0.29) is 5.91 Å². The molecule has 1 aliphatic rings. The largest absolute Gasteiger partial charge is 0.374 e. The average molecular weight is 256 g/mol. The Bertz CT molecular complexity index is 605. The summed E-state index contributed by atoms with van der Waals surface area (Å²) < 4.78 is 1.98. The zero-order chi connectivity index (χ0) is 13.2. The van der Waals surface area contributed by atoms with E-state index in [2.05, 4.69) is 10.3 Å². The van der Waals surface area contributed by atoms with Gasteiger partial charge in [0.05, 0.1) is 17.9 Å². The summed E-state index contributed by atoms with van der Waals surface area (Å²) in [5, 5.41) is 3.13. The minimum Gasteiger partial charge on any atom is -0.374 e. The maximum atomic E-state index is 12.0. The molecule has 1 aromatic carbocycles. The summed E-state index contributed by atoms with van der Waals surface area (Å²) in [5.41, 5.74) is 1.97. The summed E-state index contributed by atoms with van der Waals surface area (Å²) >= 11 is 0. The first-order valence-electron chi connectivity index (χ1n) is 6.35. The molecular weight excluding hydrogens is 240 g/mol. The van der Waals surface area contributed by atoms with Gasteiger partial charge in [0.25, 0.3) is 0 Å². The summed E-state index contributed by atoms with van der Waals surface area (Å²) in [4.78, 5) is 18.2. The third kappa shape index (κ3) is 2.19. The van der Waals surface area contributed by atoms with E-state index in [1.54, 1.807) is 6.20 Å². The molecule has 1 aromatic heterocycles. The maximum absolute atomic E-state index is 12.0. The molecule has 5 heteroatoms. The number of imidazole rings is 1. The van der Waals surface area contributed by atoms with E-state index in [1.807, 2.05) is 47.0 Å². The molecule has 0 atom stereocenters. The number of fused-ring (bicyclic) bond motifs is 1. The number of anilines is 2. The highest BCUT2D eigenvalue weighted by atomic mass is 16.2. The van der Waals surface area contributed by atoms with Crippen LogP contribution in [0, 0.1) is 0 Å². The van der Waals surface area contributed by atoms with Crippen LogP contribution < -0.4 is 10.2 Å². The van der Waals surface area contributed by atoms with Crippen LogP contribution in [0.2, 0.25) is 0 Å². The monoisotopic (exact) mass is 256 g/mol. The number of nitrogens with one attached hydrogen (secondary N) is 1. The molecule has 0 radical (unpaired) electrons. The lowest BCUT2D eigenvalue weighted by molar-refractivity contribution is -0.117. The van der Waals surface area contributed by atoms with Gasteiger partial charge >= 0.3 is 0 Å². The molecule has 1 N–H and O–H groups in total. The SMILES string of the molecule is Cn1ccnc1CCN1C(=O)CNc2ccccc21. The van der Waals surface area contributed by atoms with Gasteiger partial charge in [0.1, 0.15) is 5.82 Å². The molecular formula is C14H16N4O. The Balaban J connectivity index is 1.80. The number of carbonyl (C=O) groups is 1. The zero-order valence-electron chi connectivity index (χ0n) is 10.8. The van der Waals surface area contributed by atoms with Gasteiger partial charge in [0.15, 0.2) is 0 Å². The minimum atomic E-state index is 0.105. The Hall–Kier alpha value is -2.30. The van der Waals surface area contributed by atoms with E-state index in [0.29, 0.717) is 13.1 Å². The third-order valence-electron chi connectivity index (χ3n) is 3.41. The fourth-order valence-corrected chi connectivity index (χ4v) is 2.35. The fraction of sp³-hybridized carbons (Fsp3) is 0.286. The Labute approximate surface area is 111 Å². The van der Waals surface area contributed by atoms with Crippen LogP contribution in [-0.2, 0) is 18.3 Å². The highest BCUT2D eigenvalue weighted by Gasteiger charge is 2.23. The lowest BCUT2D eigenvalue weighted by Crippen LogP contribution is -2.41. The van der Waals surface area contributed by atoms with E-state index < -0.39 is 0 Å². The number of amides is 1. The van der Waals surface area contributed by atoms with Gasteiger partial charge in [0, 0.05) is 32.4 Å². The molecule has 3 rings (SSSR count). The second-order valence-electron chi connectivity index (χ2n) is 4.62. The number of para-hydroxylation sites is 2. The van der Waals surface area contributed by atoms with Gasteiger partial charge < -0.3 is 14.8 Å². The quantitative estimate of drug-likeness (QED) is 0.903. The van der Waals surface area contributed by atoms with Crippen LogP contribution in [0.1, 0.15) is 5.82 Å². The molecule has 0 unspecified atom stereocenters. The third-order valence-corrected chi connectivity index (χ3v) is 3.41. The molecule has 19 heavy (non-hydrogen) atoms. The predicted octanol–water partition coefficient (Wildman–Crippen LogP) is 1.42. The van der Waals surface area contributed by atoms with E-state index in [9.17, 15) is 4.79 Å². The van der Waals surface area contributed by atoms with Gasteiger partial charge in [0.2, 0.25) is 5.91 Å². The summed E-state index contributed by atoms with van der Waals surface area (Å²) in [7, 11) is 1.97. The number of carbonyl (C=O) groups excluding carboxylic acids is 1. The van der Waals surface area contributed by atoms with Gasteiger partial charge in [-0.25, -0.2) is 4.98 Å². The fourth-order valence-electron chi connectivity index (χ4n) is 2.35. The number of hydrogen-bond donors (Lipinski definition) is 1. The lowest BCUT2D eigenvalue weighted by Gasteiger charge is -2.30. The van der Waals surface area contributed by atoms with Crippen LogP contribution in [0.4, 0.5) is 11.4 Å². The number of hydrogen-bond acceptors (Lipinski definition) is 3. The molecule has 2 aromatic rings. The Morgan fingerprint density at radius 1 is 1.37 bits per heavy atom. The molecule has 0 saturated heterocycles. The maximum Gasteiger partial charge on any atom is 0.246 e. The number of rotatable bonds is 3. The first kappa shape index (κ1) is 11.8. The van der Waals surface area contributed by atoms with Crippen LogP contribution in [0.3, 0.4) is 0 Å². The van der Waals surface area contributed by atoms with Crippen molar-refractivity contribution in [2.24, 2.45) is 7.05 Å². The number of nitrogens with zero attached hydrogens (tertiary/aromatic N) is 3. The first-order chi connectivity index (χ1) is 9.25. The lowest BCUT2D eigenvalue weighted by atomic mass is 10.2. The highest BCUT2D eigenvalue weighted by molar-refractivity contribution is 6.02. The van der Waals surface area contributed by atoms with Gasteiger partial charge in [-0.2, -0.15) is 0 Å². The average Bonchev–Trinajstić information content (AvgIpc) is 2.83. The molecule has 1 aliphatic heterocycles. The van der Waals surface area contributed by atoms with Crippen molar-refractivity contribution in [3.05, 3.63) is 42.5 Å². The second kappa shape index (κ2) is 4.76. The van der Waals surface area contributed by atoms with Crippen LogP contribution in [0.5, 0.6) is 0 Å². The van der Waals surface area contributed by atoms with Crippen molar-refractivity contribution < 1.29 is 4.79 Å². The molecule has 0 spiro atoms. The topological polar surface area (TPSA) is 50.2 Å². The van der Waals surface area contributed by atoms with Crippen molar-refractivity contribution in [1.82, 2.24) is 9.55 Å². The summed E-state index contributed by atoms with van der Waals surface area (Å²) in [6, 6.07) is 7.89. The van der Waals surface area contributed by atoms with E-state index in [4.69, 9.17) is 0 Å². The van der Waals surface area contributed by atoms with Crippen molar-refractivity contribution in [2.75, 3.05) is 23.3 Å². The van der Waals surface area contributed by atoms with Gasteiger partial charge in [-0.3, -0.25) is 4.79 Å². The van der Waals surface area contributed by atoms with Crippen molar-refractivity contribution in [3.8, 4) is 0 Å². The van der Waals surface area contributed by atoms with Gasteiger partial charge in [-0.15, -0.1) is 0 Å². The molecule has 2 heterocycles. The molecule has 0 saturated carbocycles. The molecule has 0 bridgehead atoms. The normalized spacial score (nSPS) is 14.2. The predicted molar refractivity (Wildman–Crippen MR) is 74.2 cm³/mol. The first-order valence-corrected chi connectivity index (χ1v) is 6.35. The summed E-state index contributed by atoms with van der Waals surface area (Å²) in [5.74, 6) is 1.09. The Morgan fingerprint density at radius 2 is 2.21 bits per heavy atom. The second-order valence-corrected chi connectivity index (χ2v) is 4.62. The zero-order valence-corrected chi connectivity index (χ0v) is 10.8. The molecule has 98 valence electrons. The van der Waals surface area contributed by atoms with Gasteiger partial charge in [-0.1, -0.05) is 12.1 Å². The van der Waals surface area contributed by atoms with Crippen molar-refractivity contribution in [3.63, 3.8) is 0 Å². The standard InChI is InChI=1S/C14H16N4O/c1-17-9-7-15-13(17)6-8-18-12-5-3-2-4-11(12)16-10-14(18)19/h2-5,7,9,16H,6,8,10H2,1H3. The van der Waals surface area contributed by atoms with E-state index in [0.717, 1.165) is 23.6 Å². The Morgan fingerprint density at radius 3 is 3.00 bits per heavy atom. The van der Waals surface area contributed by atoms with Gasteiger partial charge in [-0.05, 0) is 12.1 Å². The van der Waals surface area contributed by atoms with E-state index >= 15 is 0 Å². The summed E-state index contributed by atoms with van der Waals surface area (Å²) in [6.07, 6.45) is 4.45. The number of aromatic nitrogens is 2. The van der Waals surface area contributed by atoms with Crippen LogP contribution in [0.25, 0.3) is 0 Å². The van der Waals surface area contributed by atoms with Crippen LogP contribution >= 0.6 is 0 Å². The van der Waals surface area contributed by atoms with Crippen molar-refractivity contribution >= 4 is 17.3 Å². The molecule has 0 aliphatic carbocycles. The van der Waals surface area contributed by atoms with Crippen molar-refractivity contribution in [1.29, 1.82) is 0 Å². The molecule has 5 nitrogen and oxygen atoms in total. The minimum absolute atomic E-state index is 0.105. The molecule has 1 amide bonds. The van der Waals surface area contributed by atoms with Crippen molar-refractivity contribution in [2.45, 2.75) is 6.42 Å². The summed E-state index contributed by atoms with van der Waals surface area (Å²) in [6.45, 7) is 1.01.